The zero-order valence-electron chi connectivity index (χ0n) is 15.7. The van der Waals surface area contributed by atoms with Crippen molar-refractivity contribution in [2.75, 3.05) is 13.7 Å². The fourth-order valence-corrected chi connectivity index (χ4v) is 3.14. The molecule has 0 saturated carbocycles. The molecule has 0 aliphatic rings. The van der Waals surface area contributed by atoms with E-state index in [1.54, 1.807) is 32.0 Å². The number of hydrogen-bond acceptors (Lipinski definition) is 6. The maximum Gasteiger partial charge on any atom is 0.342 e. The highest BCUT2D eigenvalue weighted by molar-refractivity contribution is 6.04. The summed E-state index contributed by atoms with van der Waals surface area (Å²) in [5, 5.41) is 11.6. The van der Waals surface area contributed by atoms with Gasteiger partial charge in [-0.05, 0) is 30.9 Å². The summed E-state index contributed by atoms with van der Waals surface area (Å²) in [5.74, 6) is -2.06. The van der Waals surface area contributed by atoms with Crippen molar-refractivity contribution in [1.82, 2.24) is 4.98 Å². The van der Waals surface area contributed by atoms with Crippen molar-refractivity contribution in [1.29, 1.82) is 0 Å². The molecule has 7 heteroatoms. The van der Waals surface area contributed by atoms with Crippen molar-refractivity contribution in [2.24, 2.45) is 0 Å². The number of carbonyl (C=O) groups excluding carboxylic acids is 3. The van der Waals surface area contributed by atoms with E-state index < -0.39 is 24.3 Å². The number of aromatic amines is 1. The van der Waals surface area contributed by atoms with Gasteiger partial charge in [-0.2, -0.15) is 0 Å². The minimum atomic E-state index is -0.814. The van der Waals surface area contributed by atoms with E-state index in [2.05, 4.69) is 4.98 Å². The number of benzene rings is 2. The molecule has 0 radical (unpaired) electrons. The number of rotatable bonds is 5. The zero-order valence-corrected chi connectivity index (χ0v) is 15.7. The Morgan fingerprint density at radius 3 is 2.46 bits per heavy atom. The van der Waals surface area contributed by atoms with Crippen LogP contribution in [0.1, 0.15) is 42.5 Å². The second-order valence-corrected chi connectivity index (χ2v) is 6.30. The Balaban J connectivity index is 1.78. The average Bonchev–Trinajstić information content (AvgIpc) is 3.00. The van der Waals surface area contributed by atoms with Gasteiger partial charge >= 0.3 is 11.9 Å². The first-order valence-corrected chi connectivity index (χ1v) is 8.53. The van der Waals surface area contributed by atoms with Crippen molar-refractivity contribution in [3.63, 3.8) is 0 Å². The normalized spacial score (nSPS) is 10.7. The molecular formula is C21H19NO6. The van der Waals surface area contributed by atoms with Crippen LogP contribution in [0, 0.1) is 13.8 Å². The molecule has 0 unspecified atom stereocenters. The van der Waals surface area contributed by atoms with Crippen LogP contribution in [0.15, 0.2) is 36.4 Å². The standard InChI is InChI=1S/C21H19NO6/c1-11-17(21(26)27-3)12(2)22-18(11)16(23)10-28-20(25)15-9-8-13-6-4-5-7-14(13)19(15)24/h4-9,22,24H,10H2,1-3H3. The number of fused-ring (bicyclic) bond motifs is 1. The number of H-pyrrole nitrogens is 1. The van der Waals surface area contributed by atoms with Gasteiger partial charge < -0.3 is 19.6 Å². The molecule has 28 heavy (non-hydrogen) atoms. The monoisotopic (exact) mass is 381 g/mol. The van der Waals surface area contributed by atoms with Crippen LogP contribution < -0.4 is 0 Å². The molecule has 3 aromatic rings. The van der Waals surface area contributed by atoms with Crippen LogP contribution in [-0.4, -0.2) is 41.5 Å². The lowest BCUT2D eigenvalue weighted by Crippen LogP contribution is -2.16. The number of aromatic nitrogens is 1. The van der Waals surface area contributed by atoms with Gasteiger partial charge in [0, 0.05) is 11.1 Å². The first-order chi connectivity index (χ1) is 13.3. The summed E-state index contributed by atoms with van der Waals surface area (Å²) < 4.78 is 9.79. The van der Waals surface area contributed by atoms with E-state index in [9.17, 15) is 19.5 Å². The summed E-state index contributed by atoms with van der Waals surface area (Å²) in [5.41, 5.74) is 1.35. The third kappa shape index (κ3) is 3.34. The number of ether oxygens (including phenoxy) is 2. The smallest absolute Gasteiger partial charge is 0.342 e. The number of Topliss-reactive ketones (excluding diaryl/α,β-unsaturated/α-hetero) is 1. The maximum absolute atomic E-state index is 12.5. The Morgan fingerprint density at radius 2 is 1.75 bits per heavy atom. The van der Waals surface area contributed by atoms with E-state index >= 15 is 0 Å². The lowest BCUT2D eigenvalue weighted by atomic mass is 10.1. The van der Waals surface area contributed by atoms with E-state index in [-0.39, 0.29) is 22.6 Å². The number of aryl methyl sites for hydroxylation is 1. The first kappa shape index (κ1) is 19.2. The Labute approximate surface area is 160 Å². The Hall–Kier alpha value is -3.61. The van der Waals surface area contributed by atoms with Gasteiger partial charge in [0.1, 0.15) is 11.3 Å². The molecule has 0 aliphatic carbocycles. The number of hydrogen-bond donors (Lipinski definition) is 2. The second kappa shape index (κ2) is 7.56. The Kier molecular flexibility index (Phi) is 5.17. The summed E-state index contributed by atoms with van der Waals surface area (Å²) in [6.07, 6.45) is 0. The number of esters is 2. The predicted octanol–water partition coefficient (Wildman–Crippen LogP) is 3.32. The van der Waals surface area contributed by atoms with E-state index in [1.165, 1.54) is 13.2 Å². The summed E-state index contributed by atoms with van der Waals surface area (Å²) in [7, 11) is 1.26. The van der Waals surface area contributed by atoms with Crippen molar-refractivity contribution in [2.45, 2.75) is 13.8 Å². The molecule has 0 spiro atoms. The number of phenolic OH excluding ortho intramolecular Hbond substituents is 1. The van der Waals surface area contributed by atoms with Crippen molar-refractivity contribution in [3.8, 4) is 5.75 Å². The SMILES string of the molecule is COC(=O)c1c(C)[nH]c(C(=O)COC(=O)c2ccc3ccccc3c2O)c1C. The van der Waals surface area contributed by atoms with Gasteiger partial charge in [-0.1, -0.05) is 30.3 Å². The number of ketones is 1. The molecule has 1 heterocycles. The molecule has 0 atom stereocenters. The Morgan fingerprint density at radius 1 is 1.04 bits per heavy atom. The molecule has 2 N–H and O–H groups in total. The summed E-state index contributed by atoms with van der Waals surface area (Å²) in [6, 6.07) is 10.2. The molecule has 2 aromatic carbocycles. The molecule has 0 fully saturated rings. The molecule has 3 rings (SSSR count). The van der Waals surface area contributed by atoms with Crippen LogP contribution in [0.5, 0.6) is 5.75 Å². The van der Waals surface area contributed by atoms with Crippen LogP contribution in [-0.2, 0) is 9.47 Å². The van der Waals surface area contributed by atoms with E-state index in [4.69, 9.17) is 9.47 Å². The second-order valence-electron chi connectivity index (χ2n) is 6.30. The van der Waals surface area contributed by atoms with Gasteiger partial charge in [-0.15, -0.1) is 0 Å². The van der Waals surface area contributed by atoms with Crippen molar-refractivity contribution >= 4 is 28.5 Å². The van der Waals surface area contributed by atoms with Gasteiger partial charge in [0.15, 0.2) is 6.61 Å². The summed E-state index contributed by atoms with van der Waals surface area (Å²) in [4.78, 5) is 39.4. The van der Waals surface area contributed by atoms with Crippen LogP contribution in [0.25, 0.3) is 10.8 Å². The number of nitrogens with one attached hydrogen (secondary N) is 1. The molecule has 0 bridgehead atoms. The molecular weight excluding hydrogens is 362 g/mol. The minimum Gasteiger partial charge on any atom is -0.506 e. The third-order valence-electron chi connectivity index (χ3n) is 4.56. The first-order valence-electron chi connectivity index (χ1n) is 8.53. The number of phenols is 1. The lowest BCUT2D eigenvalue weighted by Gasteiger charge is -2.08. The summed E-state index contributed by atoms with van der Waals surface area (Å²) in [6.45, 7) is 2.72. The Bertz CT molecular complexity index is 1100. The molecule has 1 aromatic heterocycles. The number of methoxy groups -OCH3 is 1. The maximum atomic E-state index is 12.5. The van der Waals surface area contributed by atoms with Crippen molar-refractivity contribution < 1.29 is 29.0 Å². The van der Waals surface area contributed by atoms with E-state index in [0.717, 1.165) is 5.39 Å². The van der Waals surface area contributed by atoms with Crippen molar-refractivity contribution in [3.05, 3.63) is 64.5 Å². The molecule has 7 nitrogen and oxygen atoms in total. The topological polar surface area (TPSA) is 106 Å². The summed E-state index contributed by atoms with van der Waals surface area (Å²) >= 11 is 0. The van der Waals surface area contributed by atoms with Crippen LogP contribution >= 0.6 is 0 Å². The fraction of sp³-hybridized carbons (Fsp3) is 0.190. The minimum absolute atomic E-state index is 0.0267. The van der Waals surface area contributed by atoms with Gasteiger partial charge in [0.25, 0.3) is 0 Å². The number of aromatic hydroxyl groups is 1. The van der Waals surface area contributed by atoms with Crippen LogP contribution in [0.3, 0.4) is 0 Å². The predicted molar refractivity (Wildman–Crippen MR) is 102 cm³/mol. The average molecular weight is 381 g/mol. The largest absolute Gasteiger partial charge is 0.506 e. The number of carbonyl (C=O) groups is 3. The van der Waals surface area contributed by atoms with Crippen LogP contribution in [0.2, 0.25) is 0 Å². The van der Waals surface area contributed by atoms with Gasteiger partial charge in [-0.3, -0.25) is 4.79 Å². The highest BCUT2D eigenvalue weighted by Gasteiger charge is 2.24. The molecule has 0 saturated heterocycles. The van der Waals surface area contributed by atoms with E-state index in [0.29, 0.717) is 16.6 Å². The fourth-order valence-electron chi connectivity index (χ4n) is 3.14. The lowest BCUT2D eigenvalue weighted by molar-refractivity contribution is 0.0470. The highest BCUT2D eigenvalue weighted by atomic mass is 16.5. The van der Waals surface area contributed by atoms with Gasteiger partial charge in [0.2, 0.25) is 5.78 Å². The molecule has 0 amide bonds. The van der Waals surface area contributed by atoms with Gasteiger partial charge in [-0.25, -0.2) is 9.59 Å². The third-order valence-corrected chi connectivity index (χ3v) is 4.56. The zero-order chi connectivity index (χ0) is 20.4. The molecule has 0 aliphatic heterocycles. The van der Waals surface area contributed by atoms with Gasteiger partial charge in [0.05, 0.1) is 18.4 Å². The highest BCUT2D eigenvalue weighted by Crippen LogP contribution is 2.29. The van der Waals surface area contributed by atoms with Crippen LogP contribution in [0.4, 0.5) is 0 Å². The quantitative estimate of drug-likeness (QED) is 0.519. The molecule has 144 valence electrons. The van der Waals surface area contributed by atoms with E-state index in [1.807, 2.05) is 12.1 Å².